The van der Waals surface area contributed by atoms with Crippen LogP contribution in [0.5, 0.6) is 11.5 Å². The van der Waals surface area contributed by atoms with Crippen LogP contribution < -0.4 is 14.4 Å². The highest BCUT2D eigenvalue weighted by atomic mass is 32.2. The number of thiocarbonyl (C=S) groups is 1. The smallest absolute Gasteiger partial charge is 0.270 e. The fourth-order valence-electron chi connectivity index (χ4n) is 2.27. The second-order valence-electron chi connectivity index (χ2n) is 4.99. The third-order valence-corrected chi connectivity index (χ3v) is 4.84. The molecule has 3 rings (SSSR count). The van der Waals surface area contributed by atoms with Gasteiger partial charge < -0.3 is 9.47 Å². The summed E-state index contributed by atoms with van der Waals surface area (Å²) in [4.78, 5) is 14.8. The first-order chi connectivity index (χ1) is 11.6. The summed E-state index contributed by atoms with van der Waals surface area (Å²) in [5, 5.41) is 0. The van der Waals surface area contributed by atoms with Gasteiger partial charge in [0.05, 0.1) is 24.8 Å². The number of rotatable bonds is 4. The number of amides is 1. The number of carbonyl (C=O) groups excluding carboxylic acids is 1. The zero-order valence-corrected chi connectivity index (χ0v) is 14.8. The molecule has 2 aromatic carbocycles. The molecular formula is C18H15NO3S2. The van der Waals surface area contributed by atoms with Crippen molar-refractivity contribution in [2.75, 3.05) is 19.1 Å². The molecule has 1 amide bonds. The van der Waals surface area contributed by atoms with Crippen LogP contribution >= 0.6 is 24.0 Å². The maximum absolute atomic E-state index is 12.7. The van der Waals surface area contributed by atoms with Gasteiger partial charge in [-0.2, -0.15) is 0 Å². The fourth-order valence-corrected chi connectivity index (χ4v) is 3.57. The lowest BCUT2D eigenvalue weighted by atomic mass is 10.2. The zero-order valence-electron chi connectivity index (χ0n) is 13.2. The number of carbonyl (C=O) groups is 1. The van der Waals surface area contributed by atoms with E-state index in [2.05, 4.69) is 0 Å². The first-order valence-corrected chi connectivity index (χ1v) is 8.41. The molecule has 0 N–H and O–H groups in total. The summed E-state index contributed by atoms with van der Waals surface area (Å²) in [5.41, 5.74) is 1.66. The van der Waals surface area contributed by atoms with E-state index in [0.29, 0.717) is 9.23 Å². The van der Waals surface area contributed by atoms with E-state index < -0.39 is 0 Å². The summed E-state index contributed by atoms with van der Waals surface area (Å²) in [6.45, 7) is 0. The molecule has 0 unspecified atom stereocenters. The van der Waals surface area contributed by atoms with Crippen molar-refractivity contribution in [3.8, 4) is 11.5 Å². The highest BCUT2D eigenvalue weighted by Gasteiger charge is 2.33. The van der Waals surface area contributed by atoms with Gasteiger partial charge in [-0.3, -0.25) is 9.69 Å². The van der Waals surface area contributed by atoms with Gasteiger partial charge in [-0.25, -0.2) is 0 Å². The Morgan fingerprint density at radius 2 is 1.50 bits per heavy atom. The van der Waals surface area contributed by atoms with Crippen molar-refractivity contribution < 1.29 is 14.3 Å². The molecule has 6 heteroatoms. The summed E-state index contributed by atoms with van der Waals surface area (Å²) < 4.78 is 10.8. The van der Waals surface area contributed by atoms with Gasteiger partial charge in [0.1, 0.15) is 11.5 Å². The lowest BCUT2D eigenvalue weighted by molar-refractivity contribution is -0.113. The Hall–Kier alpha value is -2.31. The Morgan fingerprint density at radius 3 is 2.04 bits per heavy atom. The number of hydrogen-bond acceptors (Lipinski definition) is 5. The number of anilines is 1. The minimum atomic E-state index is -0.119. The number of hydrogen-bond donors (Lipinski definition) is 0. The van der Waals surface area contributed by atoms with Crippen LogP contribution in [-0.2, 0) is 4.79 Å². The Balaban J connectivity index is 1.85. The lowest BCUT2D eigenvalue weighted by Gasteiger charge is -2.14. The molecule has 0 saturated carbocycles. The second-order valence-corrected chi connectivity index (χ2v) is 6.66. The molecule has 24 heavy (non-hydrogen) atoms. The summed E-state index contributed by atoms with van der Waals surface area (Å²) in [6, 6.07) is 14.8. The van der Waals surface area contributed by atoms with Crippen LogP contribution in [0.15, 0.2) is 53.4 Å². The number of thioether (sulfide) groups is 1. The van der Waals surface area contributed by atoms with Crippen LogP contribution in [0.3, 0.4) is 0 Å². The maximum Gasteiger partial charge on any atom is 0.270 e. The van der Waals surface area contributed by atoms with E-state index in [9.17, 15) is 4.79 Å². The molecule has 1 fully saturated rings. The molecule has 0 aliphatic carbocycles. The first-order valence-electron chi connectivity index (χ1n) is 7.18. The summed E-state index contributed by atoms with van der Waals surface area (Å²) in [7, 11) is 3.22. The second kappa shape index (κ2) is 7.07. The quantitative estimate of drug-likeness (QED) is 0.608. The minimum absolute atomic E-state index is 0.119. The Bertz CT molecular complexity index is 798. The van der Waals surface area contributed by atoms with E-state index in [1.807, 2.05) is 42.5 Å². The monoisotopic (exact) mass is 357 g/mol. The third-order valence-electron chi connectivity index (χ3n) is 3.54. The van der Waals surface area contributed by atoms with E-state index in [1.54, 1.807) is 26.4 Å². The van der Waals surface area contributed by atoms with E-state index in [4.69, 9.17) is 21.7 Å². The van der Waals surface area contributed by atoms with Crippen molar-refractivity contribution in [2.24, 2.45) is 0 Å². The molecule has 1 heterocycles. The molecule has 1 aliphatic heterocycles. The highest BCUT2D eigenvalue weighted by Crippen LogP contribution is 2.36. The van der Waals surface area contributed by atoms with E-state index in [1.165, 1.54) is 16.7 Å². The fraction of sp³-hybridized carbons (Fsp3) is 0.111. The minimum Gasteiger partial charge on any atom is -0.497 e. The topological polar surface area (TPSA) is 38.8 Å². The predicted octanol–water partition coefficient (Wildman–Crippen LogP) is 4.11. The number of ether oxygens (including phenoxy) is 2. The largest absolute Gasteiger partial charge is 0.497 e. The Labute approximate surface area is 150 Å². The van der Waals surface area contributed by atoms with Crippen LogP contribution in [0.1, 0.15) is 5.56 Å². The SMILES string of the molecule is COc1ccc(/C=C2\SC(=S)N(c3ccc(OC)cc3)C2=O)cc1. The lowest BCUT2D eigenvalue weighted by Crippen LogP contribution is -2.27. The maximum atomic E-state index is 12.7. The van der Waals surface area contributed by atoms with Gasteiger partial charge in [-0.1, -0.05) is 36.1 Å². The van der Waals surface area contributed by atoms with Crippen molar-refractivity contribution in [3.05, 3.63) is 59.0 Å². The molecule has 0 aromatic heterocycles. The third kappa shape index (κ3) is 3.29. The van der Waals surface area contributed by atoms with Gasteiger partial charge in [0.15, 0.2) is 4.32 Å². The summed E-state index contributed by atoms with van der Waals surface area (Å²) >= 11 is 6.67. The Kier molecular flexibility index (Phi) is 4.87. The number of benzene rings is 2. The number of methoxy groups -OCH3 is 2. The van der Waals surface area contributed by atoms with Gasteiger partial charge in [0.25, 0.3) is 5.91 Å². The molecular weight excluding hydrogens is 342 g/mol. The molecule has 1 saturated heterocycles. The van der Waals surface area contributed by atoms with Crippen LogP contribution in [-0.4, -0.2) is 24.4 Å². The predicted molar refractivity (Wildman–Crippen MR) is 102 cm³/mol. The molecule has 2 aromatic rings. The van der Waals surface area contributed by atoms with Crippen LogP contribution in [0, 0.1) is 0 Å². The van der Waals surface area contributed by atoms with Crippen molar-refractivity contribution in [2.45, 2.75) is 0 Å². The summed E-state index contributed by atoms with van der Waals surface area (Å²) in [6.07, 6.45) is 1.84. The first kappa shape index (κ1) is 16.5. The molecule has 4 nitrogen and oxygen atoms in total. The van der Waals surface area contributed by atoms with Crippen molar-refractivity contribution in [1.82, 2.24) is 0 Å². The average Bonchev–Trinajstić information content (AvgIpc) is 2.89. The normalized spacial score (nSPS) is 15.9. The molecule has 0 atom stereocenters. The van der Waals surface area contributed by atoms with Crippen LogP contribution in [0.25, 0.3) is 6.08 Å². The average molecular weight is 357 g/mol. The molecule has 0 spiro atoms. The van der Waals surface area contributed by atoms with E-state index in [-0.39, 0.29) is 5.91 Å². The van der Waals surface area contributed by atoms with Gasteiger partial charge in [-0.15, -0.1) is 0 Å². The zero-order chi connectivity index (χ0) is 17.1. The van der Waals surface area contributed by atoms with Gasteiger partial charge >= 0.3 is 0 Å². The van der Waals surface area contributed by atoms with Crippen LogP contribution in [0.2, 0.25) is 0 Å². The number of nitrogens with zero attached hydrogens (tertiary/aromatic N) is 1. The Morgan fingerprint density at radius 1 is 0.958 bits per heavy atom. The van der Waals surface area contributed by atoms with Gasteiger partial charge in [0.2, 0.25) is 0 Å². The van der Waals surface area contributed by atoms with Crippen molar-refractivity contribution in [1.29, 1.82) is 0 Å². The van der Waals surface area contributed by atoms with Gasteiger partial charge in [-0.05, 0) is 48.0 Å². The van der Waals surface area contributed by atoms with E-state index >= 15 is 0 Å². The van der Waals surface area contributed by atoms with Crippen molar-refractivity contribution >= 4 is 46.0 Å². The standard InChI is InChI=1S/C18H15NO3S2/c1-21-14-7-3-12(4-8-14)11-16-17(20)19(18(23)24-16)13-5-9-15(22-2)10-6-13/h3-11H,1-2H3/b16-11-. The molecule has 122 valence electrons. The van der Waals surface area contributed by atoms with Crippen LogP contribution in [0.4, 0.5) is 5.69 Å². The van der Waals surface area contributed by atoms with Crippen molar-refractivity contribution in [3.63, 3.8) is 0 Å². The molecule has 0 radical (unpaired) electrons. The molecule has 1 aliphatic rings. The summed E-state index contributed by atoms with van der Waals surface area (Å²) in [5.74, 6) is 1.39. The highest BCUT2D eigenvalue weighted by molar-refractivity contribution is 8.27. The van der Waals surface area contributed by atoms with Gasteiger partial charge in [0, 0.05) is 0 Å². The molecule has 0 bridgehead atoms. The van der Waals surface area contributed by atoms with E-state index in [0.717, 1.165) is 22.7 Å².